The molecule has 0 unspecified atom stereocenters. The lowest BCUT2D eigenvalue weighted by Gasteiger charge is -2.29. The van der Waals surface area contributed by atoms with Crippen LogP contribution >= 0.6 is 0 Å². The molecule has 3 aromatic rings. The summed E-state index contributed by atoms with van der Waals surface area (Å²) >= 11 is 0. The van der Waals surface area contributed by atoms with Gasteiger partial charge in [0.05, 0.1) is 10.9 Å². The fourth-order valence-corrected chi connectivity index (χ4v) is 3.53. The van der Waals surface area contributed by atoms with Crippen molar-refractivity contribution in [3.8, 4) is 6.07 Å². The van der Waals surface area contributed by atoms with Gasteiger partial charge in [-0.3, -0.25) is 0 Å². The second kappa shape index (κ2) is 6.40. The quantitative estimate of drug-likeness (QED) is 0.789. The fraction of sp³-hybridized carbons (Fsp3) is 0.333. The number of hydrogen-bond donors (Lipinski definition) is 1. The highest BCUT2D eigenvalue weighted by Crippen LogP contribution is 2.28. The van der Waals surface area contributed by atoms with Crippen LogP contribution in [0.2, 0.25) is 0 Å². The number of pyridine rings is 1. The smallest absolute Gasteiger partial charge is 0.142 e. The molecule has 4 rings (SSSR count). The van der Waals surface area contributed by atoms with Crippen LogP contribution in [0.4, 0.5) is 11.6 Å². The van der Waals surface area contributed by atoms with Gasteiger partial charge in [0.1, 0.15) is 29.7 Å². The minimum atomic E-state index is 0.370. The van der Waals surface area contributed by atoms with Crippen LogP contribution in [0.1, 0.15) is 18.9 Å². The van der Waals surface area contributed by atoms with E-state index in [-0.39, 0.29) is 0 Å². The van der Waals surface area contributed by atoms with E-state index in [9.17, 15) is 0 Å². The number of fused-ring (bicyclic) bond motifs is 1. The van der Waals surface area contributed by atoms with Gasteiger partial charge in [-0.1, -0.05) is 0 Å². The molecule has 7 heteroatoms. The summed E-state index contributed by atoms with van der Waals surface area (Å²) in [5, 5.41) is 10.00. The third kappa shape index (κ3) is 2.76. The third-order valence-electron chi connectivity index (χ3n) is 4.75. The summed E-state index contributed by atoms with van der Waals surface area (Å²) in [7, 11) is 0. The normalized spacial score (nSPS) is 17.0. The molecule has 1 atom stereocenters. The number of hydrogen-bond acceptors (Lipinski definition) is 6. The van der Waals surface area contributed by atoms with Crippen LogP contribution in [0.5, 0.6) is 0 Å². The van der Waals surface area contributed by atoms with Crippen LogP contribution in [-0.2, 0) is 0 Å². The van der Waals surface area contributed by atoms with E-state index in [0.29, 0.717) is 11.6 Å². The van der Waals surface area contributed by atoms with Crippen molar-refractivity contribution in [3.05, 3.63) is 42.5 Å². The lowest BCUT2D eigenvalue weighted by Crippen LogP contribution is -2.38. The van der Waals surface area contributed by atoms with Gasteiger partial charge in [-0.2, -0.15) is 5.26 Å². The van der Waals surface area contributed by atoms with E-state index in [1.807, 2.05) is 24.4 Å². The Hall–Kier alpha value is -3.14. The topological polar surface area (TPSA) is 84.7 Å². The second-order valence-corrected chi connectivity index (χ2v) is 6.13. The van der Waals surface area contributed by atoms with Crippen LogP contribution in [0.3, 0.4) is 0 Å². The molecule has 1 aliphatic heterocycles. The van der Waals surface area contributed by atoms with E-state index < -0.39 is 0 Å². The van der Waals surface area contributed by atoms with Gasteiger partial charge in [0, 0.05) is 38.1 Å². The Labute approximate surface area is 145 Å². The van der Waals surface area contributed by atoms with Gasteiger partial charge in [-0.25, -0.2) is 15.0 Å². The molecule has 1 saturated heterocycles. The van der Waals surface area contributed by atoms with Crippen LogP contribution in [0, 0.1) is 11.3 Å². The lowest BCUT2D eigenvalue weighted by atomic mass is 10.2. The maximum Gasteiger partial charge on any atom is 0.142 e. The number of anilines is 2. The highest BCUT2D eigenvalue weighted by atomic mass is 15.3. The van der Waals surface area contributed by atoms with Crippen molar-refractivity contribution in [2.45, 2.75) is 19.4 Å². The molecule has 1 fully saturated rings. The first-order valence-electron chi connectivity index (χ1n) is 8.46. The van der Waals surface area contributed by atoms with Crippen molar-refractivity contribution < 1.29 is 0 Å². The van der Waals surface area contributed by atoms with E-state index in [1.165, 1.54) is 0 Å². The molecule has 25 heavy (non-hydrogen) atoms. The molecular weight excluding hydrogens is 314 g/mol. The Morgan fingerprint density at radius 3 is 3.00 bits per heavy atom. The predicted molar refractivity (Wildman–Crippen MR) is 96.5 cm³/mol. The summed E-state index contributed by atoms with van der Waals surface area (Å²) < 4.78 is 0. The number of nitrogens with zero attached hydrogens (tertiary/aromatic N) is 6. The average Bonchev–Trinajstić information content (AvgIpc) is 3.32. The molecule has 1 N–H and O–H groups in total. The second-order valence-electron chi connectivity index (χ2n) is 6.13. The average molecular weight is 333 g/mol. The van der Waals surface area contributed by atoms with Gasteiger partial charge in [0.25, 0.3) is 0 Å². The Morgan fingerprint density at radius 2 is 2.24 bits per heavy atom. The first-order chi connectivity index (χ1) is 12.3. The summed E-state index contributed by atoms with van der Waals surface area (Å²) in [6.07, 6.45) is 6.20. The standard InChI is InChI=1S/C18H19N7/c1-2-25(16-4-3-13(9-19)10-21-16)14-6-8-24(11-14)18-15-5-7-20-17(15)22-12-23-18/h3-5,7,10,12,14H,2,6,8,11H2,1H3,(H,20,22,23)/t14-/m1/s1. The number of H-pyrrole nitrogens is 1. The van der Waals surface area contributed by atoms with Gasteiger partial charge < -0.3 is 14.8 Å². The van der Waals surface area contributed by atoms with Gasteiger partial charge in [-0.15, -0.1) is 0 Å². The molecule has 126 valence electrons. The molecule has 0 spiro atoms. The van der Waals surface area contributed by atoms with Crippen LogP contribution in [0.15, 0.2) is 36.9 Å². The SMILES string of the molecule is CCN(c1ccc(C#N)cn1)[C@@H]1CCN(c2ncnc3[nH]ccc23)C1. The highest BCUT2D eigenvalue weighted by Gasteiger charge is 2.29. The van der Waals surface area contributed by atoms with Gasteiger partial charge in [0.2, 0.25) is 0 Å². The summed E-state index contributed by atoms with van der Waals surface area (Å²) in [4.78, 5) is 21.0. The number of likely N-dealkylation sites (N-methyl/N-ethyl adjacent to an activating group) is 1. The zero-order valence-corrected chi connectivity index (χ0v) is 14.1. The molecular formula is C18H19N7. The van der Waals surface area contributed by atoms with Crippen LogP contribution in [-0.4, -0.2) is 45.6 Å². The zero-order chi connectivity index (χ0) is 17.2. The summed E-state index contributed by atoms with van der Waals surface area (Å²) in [5.41, 5.74) is 1.46. The maximum atomic E-state index is 8.94. The molecule has 0 aromatic carbocycles. The van der Waals surface area contributed by atoms with Gasteiger partial charge in [0.15, 0.2) is 0 Å². The number of nitriles is 1. The lowest BCUT2D eigenvalue weighted by molar-refractivity contribution is 0.645. The Morgan fingerprint density at radius 1 is 1.32 bits per heavy atom. The summed E-state index contributed by atoms with van der Waals surface area (Å²) in [5.74, 6) is 1.90. The number of aromatic nitrogens is 4. The summed E-state index contributed by atoms with van der Waals surface area (Å²) in [6, 6.07) is 8.27. The van der Waals surface area contributed by atoms with E-state index >= 15 is 0 Å². The van der Waals surface area contributed by atoms with Crippen LogP contribution < -0.4 is 9.80 Å². The van der Waals surface area contributed by atoms with Crippen LogP contribution in [0.25, 0.3) is 11.0 Å². The molecule has 0 amide bonds. The molecule has 1 aliphatic rings. The number of aromatic amines is 1. The van der Waals surface area contributed by atoms with E-state index in [1.54, 1.807) is 12.5 Å². The van der Waals surface area contributed by atoms with E-state index in [0.717, 1.165) is 48.7 Å². The maximum absolute atomic E-state index is 8.94. The van der Waals surface area contributed by atoms with Crippen molar-refractivity contribution >= 4 is 22.7 Å². The zero-order valence-electron chi connectivity index (χ0n) is 14.1. The fourth-order valence-electron chi connectivity index (χ4n) is 3.53. The molecule has 4 heterocycles. The monoisotopic (exact) mass is 333 g/mol. The first kappa shape index (κ1) is 15.4. The van der Waals surface area contributed by atoms with Crippen molar-refractivity contribution in [1.82, 2.24) is 19.9 Å². The molecule has 3 aromatic heterocycles. The van der Waals surface area contributed by atoms with E-state index in [4.69, 9.17) is 5.26 Å². The Kier molecular flexibility index (Phi) is 3.94. The van der Waals surface area contributed by atoms with E-state index in [2.05, 4.69) is 42.7 Å². The van der Waals surface area contributed by atoms with Crippen molar-refractivity contribution in [3.63, 3.8) is 0 Å². The molecule has 0 bridgehead atoms. The minimum Gasteiger partial charge on any atom is -0.354 e. The van der Waals surface area contributed by atoms with Gasteiger partial charge >= 0.3 is 0 Å². The third-order valence-corrected chi connectivity index (χ3v) is 4.75. The Balaban J connectivity index is 1.56. The number of rotatable bonds is 4. The number of nitrogens with one attached hydrogen (secondary N) is 1. The summed E-state index contributed by atoms with van der Waals surface area (Å²) in [6.45, 7) is 4.86. The largest absolute Gasteiger partial charge is 0.354 e. The van der Waals surface area contributed by atoms with Crippen molar-refractivity contribution in [2.75, 3.05) is 29.4 Å². The molecule has 0 aliphatic carbocycles. The van der Waals surface area contributed by atoms with Crippen molar-refractivity contribution in [2.24, 2.45) is 0 Å². The molecule has 0 saturated carbocycles. The Bertz CT molecular complexity index is 909. The van der Waals surface area contributed by atoms with Crippen molar-refractivity contribution in [1.29, 1.82) is 5.26 Å². The molecule has 0 radical (unpaired) electrons. The van der Waals surface area contributed by atoms with Gasteiger partial charge in [-0.05, 0) is 31.5 Å². The first-order valence-corrected chi connectivity index (χ1v) is 8.46. The minimum absolute atomic E-state index is 0.370. The highest BCUT2D eigenvalue weighted by molar-refractivity contribution is 5.87. The molecule has 7 nitrogen and oxygen atoms in total. The predicted octanol–water partition coefficient (Wildman–Crippen LogP) is 2.33.